The molecule has 2 aromatic carbocycles. The zero-order valence-electron chi connectivity index (χ0n) is 27.2. The topological polar surface area (TPSA) is 89.9 Å². The molecule has 244 valence electrons. The Morgan fingerprint density at radius 3 is 2.20 bits per heavy atom. The van der Waals surface area contributed by atoms with Crippen LogP contribution in [0, 0.1) is 5.92 Å². The molecule has 0 aromatic heterocycles. The highest BCUT2D eigenvalue weighted by molar-refractivity contribution is 5.97. The van der Waals surface area contributed by atoms with Crippen molar-refractivity contribution < 1.29 is 33.4 Å². The van der Waals surface area contributed by atoms with E-state index in [4.69, 9.17) is 9.47 Å². The van der Waals surface area contributed by atoms with Crippen molar-refractivity contribution in [2.75, 3.05) is 0 Å². The third-order valence-corrected chi connectivity index (χ3v) is 8.35. The van der Waals surface area contributed by atoms with E-state index in [0.717, 1.165) is 32.1 Å². The van der Waals surface area contributed by atoms with Gasteiger partial charge < -0.3 is 14.6 Å². The fourth-order valence-electron chi connectivity index (χ4n) is 5.68. The van der Waals surface area contributed by atoms with Crippen LogP contribution < -0.4 is 4.74 Å². The molecule has 0 saturated heterocycles. The van der Waals surface area contributed by atoms with Crippen LogP contribution in [0.3, 0.4) is 0 Å². The van der Waals surface area contributed by atoms with Crippen molar-refractivity contribution in [3.8, 4) is 5.75 Å². The van der Waals surface area contributed by atoms with Crippen LogP contribution in [0.4, 0.5) is 4.39 Å². The summed E-state index contributed by atoms with van der Waals surface area (Å²) in [4.78, 5) is 38.2. The Morgan fingerprint density at radius 2 is 1.56 bits per heavy atom. The lowest BCUT2D eigenvalue weighted by molar-refractivity contribution is -0.141. The molecule has 0 spiro atoms. The molecule has 2 aromatic rings. The van der Waals surface area contributed by atoms with Gasteiger partial charge in [0.1, 0.15) is 11.6 Å². The minimum Gasteiger partial charge on any atom is -0.480 e. The quantitative estimate of drug-likeness (QED) is 0.0772. The van der Waals surface area contributed by atoms with Crippen LogP contribution in [0.2, 0.25) is 0 Å². The van der Waals surface area contributed by atoms with Gasteiger partial charge in [0.25, 0.3) is 0 Å². The van der Waals surface area contributed by atoms with Gasteiger partial charge in [-0.2, -0.15) is 0 Å². The fraction of sp³-hybridized carbons (Fsp3) is 0.500. The lowest BCUT2D eigenvalue weighted by atomic mass is 9.72. The number of esters is 2. The van der Waals surface area contributed by atoms with Crippen LogP contribution in [0.25, 0.3) is 0 Å². The molecular formula is C38H49FO6. The maximum atomic E-state index is 16.0. The second-order valence-electron chi connectivity index (χ2n) is 12.5. The largest absolute Gasteiger partial charge is 0.480 e. The molecule has 0 aliphatic heterocycles. The second-order valence-corrected chi connectivity index (χ2v) is 12.5. The summed E-state index contributed by atoms with van der Waals surface area (Å²) in [6.45, 7) is 8.26. The van der Waals surface area contributed by atoms with E-state index in [1.54, 1.807) is 42.5 Å². The Morgan fingerprint density at radius 1 is 0.889 bits per heavy atom. The number of halogens is 1. The number of aliphatic carboxylic acids is 1. The molecule has 7 heteroatoms. The van der Waals surface area contributed by atoms with E-state index < -0.39 is 29.1 Å². The average molecular weight is 621 g/mol. The van der Waals surface area contributed by atoms with E-state index >= 15 is 4.39 Å². The van der Waals surface area contributed by atoms with Crippen LogP contribution in [0.15, 0.2) is 72.6 Å². The number of benzene rings is 2. The van der Waals surface area contributed by atoms with Gasteiger partial charge in [0.15, 0.2) is 5.41 Å². The lowest BCUT2D eigenvalue weighted by Crippen LogP contribution is -2.38. The summed E-state index contributed by atoms with van der Waals surface area (Å²) < 4.78 is 27.1. The van der Waals surface area contributed by atoms with Gasteiger partial charge in [0, 0.05) is 12.3 Å². The molecule has 45 heavy (non-hydrogen) atoms. The predicted molar refractivity (Wildman–Crippen MR) is 175 cm³/mol. The van der Waals surface area contributed by atoms with E-state index in [1.165, 1.54) is 50.0 Å². The van der Waals surface area contributed by atoms with Crippen LogP contribution in [-0.4, -0.2) is 29.1 Å². The molecule has 0 amide bonds. The van der Waals surface area contributed by atoms with Gasteiger partial charge in [-0.3, -0.25) is 9.59 Å². The van der Waals surface area contributed by atoms with Crippen LogP contribution >= 0.6 is 0 Å². The Balaban J connectivity index is 1.68. The molecule has 0 radical (unpaired) electrons. The van der Waals surface area contributed by atoms with Crippen LogP contribution in [-0.2, 0) is 19.7 Å². The number of carboxylic acids is 1. The van der Waals surface area contributed by atoms with Crippen molar-refractivity contribution >= 4 is 17.9 Å². The number of hydrogen-bond donors (Lipinski definition) is 1. The van der Waals surface area contributed by atoms with Crippen molar-refractivity contribution in [1.82, 2.24) is 0 Å². The monoisotopic (exact) mass is 620 g/mol. The number of allylic oxidation sites excluding steroid dienone is 2. The summed E-state index contributed by atoms with van der Waals surface area (Å²) in [5.74, 6) is -2.88. The van der Waals surface area contributed by atoms with Gasteiger partial charge >= 0.3 is 17.9 Å². The van der Waals surface area contributed by atoms with Crippen molar-refractivity contribution in [3.63, 3.8) is 0 Å². The van der Waals surface area contributed by atoms with Gasteiger partial charge in [-0.25, -0.2) is 9.18 Å². The molecular weight excluding hydrogens is 571 g/mol. The first-order valence-corrected chi connectivity index (χ1v) is 16.5. The predicted octanol–water partition coefficient (Wildman–Crippen LogP) is 9.63. The normalized spacial score (nSPS) is 18.4. The van der Waals surface area contributed by atoms with Crippen molar-refractivity contribution in [2.24, 2.45) is 5.92 Å². The minimum absolute atomic E-state index is 0.0172. The fourth-order valence-corrected chi connectivity index (χ4v) is 5.68. The number of carbonyl (C=O) groups excluding carboxylic acids is 2. The summed E-state index contributed by atoms with van der Waals surface area (Å²) in [5, 5.41) is 10.3. The Labute approximate surface area is 267 Å². The third-order valence-electron chi connectivity index (χ3n) is 8.35. The molecule has 3 atom stereocenters. The summed E-state index contributed by atoms with van der Waals surface area (Å²) in [6, 6.07) is 12.9. The van der Waals surface area contributed by atoms with Crippen molar-refractivity contribution in [3.05, 3.63) is 89.3 Å². The first kappa shape index (κ1) is 35.7. The van der Waals surface area contributed by atoms with Gasteiger partial charge in [-0.15, -0.1) is 0 Å². The minimum atomic E-state index is -2.17. The molecule has 0 bridgehead atoms. The van der Waals surface area contributed by atoms with Gasteiger partial charge in [0.05, 0.1) is 11.7 Å². The summed E-state index contributed by atoms with van der Waals surface area (Å²) in [7, 11) is 0. The van der Waals surface area contributed by atoms with Gasteiger partial charge in [0.2, 0.25) is 0 Å². The number of ether oxygens (including phenoxy) is 2. The van der Waals surface area contributed by atoms with Crippen LogP contribution in [0.1, 0.15) is 126 Å². The van der Waals surface area contributed by atoms with Gasteiger partial charge in [-0.05, 0) is 67.5 Å². The first-order valence-electron chi connectivity index (χ1n) is 16.5. The number of unbranched alkanes of at least 4 members (excludes halogenated alkanes) is 6. The molecule has 1 N–H and O–H groups in total. The van der Waals surface area contributed by atoms with Gasteiger partial charge in [-0.1, -0.05) is 108 Å². The lowest BCUT2D eigenvalue weighted by Gasteiger charge is -2.31. The zero-order valence-corrected chi connectivity index (χ0v) is 27.2. The number of rotatable bonds is 18. The summed E-state index contributed by atoms with van der Waals surface area (Å²) in [5.41, 5.74) is -1.43. The molecule has 0 fully saturated rings. The summed E-state index contributed by atoms with van der Waals surface area (Å²) in [6.07, 6.45) is 14.6. The molecule has 0 heterocycles. The number of carbonyl (C=O) groups is 3. The maximum Gasteiger partial charge on any atom is 0.338 e. The second kappa shape index (κ2) is 17.7. The number of carboxylic acid groups (broad SMARTS) is 1. The van der Waals surface area contributed by atoms with E-state index in [1.807, 2.05) is 6.92 Å². The average Bonchev–Trinajstić information content (AvgIpc) is 3.00. The molecule has 6 nitrogen and oxygen atoms in total. The molecule has 0 saturated carbocycles. The SMILES string of the molecule is CCCCCCCCCC(=O)Oc1ccc(C2C=CC(C(=O)O)(c3ccccc3C(=O)OC(C)CCCC(C)C)C(F)=C2)cc1. The molecule has 1 aliphatic carbocycles. The summed E-state index contributed by atoms with van der Waals surface area (Å²) >= 11 is 0. The molecule has 3 unspecified atom stereocenters. The Kier molecular flexibility index (Phi) is 14.0. The van der Waals surface area contributed by atoms with Crippen LogP contribution in [0.5, 0.6) is 5.75 Å². The number of hydrogen-bond acceptors (Lipinski definition) is 5. The molecule has 3 rings (SSSR count). The van der Waals surface area contributed by atoms with E-state index in [0.29, 0.717) is 30.1 Å². The first-order chi connectivity index (χ1) is 21.6. The van der Waals surface area contributed by atoms with Crippen molar-refractivity contribution in [2.45, 2.75) is 116 Å². The van der Waals surface area contributed by atoms with E-state index in [-0.39, 0.29) is 23.2 Å². The highest BCUT2D eigenvalue weighted by Crippen LogP contribution is 2.43. The highest BCUT2D eigenvalue weighted by atomic mass is 19.1. The Hall–Kier alpha value is -3.74. The standard InChI is InChI=1S/C38H49FO6/c1-5-6-7-8-9-10-11-19-35(40)45-31-22-20-29(21-23-31)30-24-25-38(37(42)43,34(39)26-30)33-18-13-12-17-32(33)36(41)44-28(4)16-14-15-27(2)3/h12-13,17-18,20-28,30H,5-11,14-16,19H2,1-4H3,(H,42,43). The smallest absolute Gasteiger partial charge is 0.338 e. The Bertz CT molecular complexity index is 1330. The third kappa shape index (κ3) is 10.1. The van der Waals surface area contributed by atoms with E-state index in [2.05, 4.69) is 20.8 Å². The van der Waals surface area contributed by atoms with Crippen molar-refractivity contribution in [1.29, 1.82) is 0 Å². The molecule has 1 aliphatic rings. The van der Waals surface area contributed by atoms with E-state index in [9.17, 15) is 19.5 Å². The maximum absolute atomic E-state index is 16.0. The highest BCUT2D eigenvalue weighted by Gasteiger charge is 2.47. The zero-order chi connectivity index (χ0) is 32.8.